The van der Waals surface area contributed by atoms with E-state index in [-0.39, 0.29) is 12.2 Å². The van der Waals surface area contributed by atoms with Gasteiger partial charge in [0.2, 0.25) is 5.95 Å². The average molecular weight is 495 g/mol. The number of fused-ring (bicyclic) bond motifs is 1. The zero-order valence-corrected chi connectivity index (χ0v) is 21.5. The number of anilines is 1. The van der Waals surface area contributed by atoms with Crippen LogP contribution in [0.3, 0.4) is 0 Å². The van der Waals surface area contributed by atoms with Crippen molar-refractivity contribution in [1.29, 1.82) is 0 Å². The van der Waals surface area contributed by atoms with Gasteiger partial charge in [-0.1, -0.05) is 24.3 Å². The molecule has 2 aromatic heterocycles. The van der Waals surface area contributed by atoms with Crippen LogP contribution in [0.1, 0.15) is 50.3 Å². The highest BCUT2D eigenvalue weighted by atomic mass is 32.1. The summed E-state index contributed by atoms with van der Waals surface area (Å²) in [5, 5.41) is 0. The Bertz CT molecular complexity index is 1420. The average Bonchev–Trinajstić information content (AvgIpc) is 3.41. The molecule has 1 unspecified atom stereocenters. The summed E-state index contributed by atoms with van der Waals surface area (Å²) in [5.41, 5.74) is 8.73. The van der Waals surface area contributed by atoms with Crippen molar-refractivity contribution in [3.05, 3.63) is 77.6 Å². The van der Waals surface area contributed by atoms with E-state index in [1.807, 2.05) is 24.1 Å². The van der Waals surface area contributed by atoms with Crippen molar-refractivity contribution in [2.24, 2.45) is 4.99 Å². The van der Waals surface area contributed by atoms with E-state index in [0.717, 1.165) is 35.7 Å². The summed E-state index contributed by atoms with van der Waals surface area (Å²) in [5.74, 6) is 0.843. The molecule has 2 aliphatic heterocycles. The van der Waals surface area contributed by atoms with Gasteiger partial charge in [0, 0.05) is 43.0 Å². The first kappa shape index (κ1) is 22.9. The predicted octanol–water partition coefficient (Wildman–Crippen LogP) is 6.58. The third-order valence-corrected chi connectivity index (χ3v) is 8.03. The van der Waals surface area contributed by atoms with Gasteiger partial charge < -0.3 is 9.80 Å². The lowest BCUT2D eigenvalue weighted by Gasteiger charge is -2.38. The number of benzene rings is 2. The van der Waals surface area contributed by atoms with E-state index >= 15 is 0 Å². The second kappa shape index (κ2) is 9.82. The third kappa shape index (κ3) is 4.39. The second-order valence-corrected chi connectivity index (χ2v) is 10.4. The molecule has 182 valence electrons. The van der Waals surface area contributed by atoms with E-state index in [1.165, 1.54) is 40.8 Å². The first-order valence-corrected chi connectivity index (χ1v) is 13.6. The predicted molar refractivity (Wildman–Crippen MR) is 149 cm³/mol. The van der Waals surface area contributed by atoms with Crippen LogP contribution >= 0.6 is 11.3 Å². The Morgan fingerprint density at radius 3 is 2.58 bits per heavy atom. The van der Waals surface area contributed by atoms with Gasteiger partial charge in [0.1, 0.15) is 6.17 Å². The van der Waals surface area contributed by atoms with Crippen molar-refractivity contribution in [2.75, 3.05) is 18.0 Å². The monoisotopic (exact) mass is 494 g/mol. The fourth-order valence-electron chi connectivity index (χ4n) is 5.26. The SMILES string of the molecule is CC1N=CC=C(c2ccc3ncsc3c2)N1[C@@H](C)c1cccc(-c2cnc(N3CCCCC3)nc2)c1. The van der Waals surface area contributed by atoms with Crippen LogP contribution in [0.5, 0.6) is 0 Å². The van der Waals surface area contributed by atoms with Gasteiger partial charge in [-0.3, -0.25) is 4.99 Å². The summed E-state index contributed by atoms with van der Waals surface area (Å²) < 4.78 is 1.20. The first-order valence-electron chi connectivity index (χ1n) is 12.7. The molecule has 6 rings (SSSR count). The molecule has 36 heavy (non-hydrogen) atoms. The quantitative estimate of drug-likeness (QED) is 0.314. The molecule has 0 N–H and O–H groups in total. The molecule has 4 heterocycles. The second-order valence-electron chi connectivity index (χ2n) is 9.54. The normalized spacial score (nSPS) is 18.9. The van der Waals surface area contributed by atoms with Crippen molar-refractivity contribution in [2.45, 2.75) is 45.3 Å². The molecule has 0 amide bonds. The van der Waals surface area contributed by atoms with Crippen LogP contribution in [0.4, 0.5) is 5.95 Å². The topological polar surface area (TPSA) is 57.5 Å². The smallest absolute Gasteiger partial charge is 0.225 e. The molecule has 0 aliphatic carbocycles. The van der Waals surface area contributed by atoms with Crippen molar-refractivity contribution in [1.82, 2.24) is 19.9 Å². The van der Waals surface area contributed by atoms with Crippen molar-refractivity contribution in [3.63, 3.8) is 0 Å². The van der Waals surface area contributed by atoms with Gasteiger partial charge in [-0.25, -0.2) is 15.0 Å². The minimum Gasteiger partial charge on any atom is -0.343 e. The molecule has 6 nitrogen and oxygen atoms in total. The van der Waals surface area contributed by atoms with Gasteiger partial charge in [0.05, 0.1) is 21.8 Å². The van der Waals surface area contributed by atoms with Crippen molar-refractivity contribution >= 4 is 39.4 Å². The lowest BCUT2D eigenvalue weighted by Crippen LogP contribution is -2.34. The number of aliphatic imine (C=N–C) groups is 1. The Morgan fingerprint density at radius 1 is 0.917 bits per heavy atom. The number of nitrogens with zero attached hydrogens (tertiary/aromatic N) is 6. The van der Waals surface area contributed by atoms with Crippen LogP contribution in [-0.4, -0.2) is 45.3 Å². The summed E-state index contributed by atoms with van der Waals surface area (Å²) in [6.07, 6.45) is 11.8. The molecule has 1 saturated heterocycles. The molecule has 0 spiro atoms. The number of allylic oxidation sites excluding steroid dienone is 1. The van der Waals surface area contributed by atoms with E-state index in [9.17, 15) is 0 Å². The Kier molecular flexibility index (Phi) is 6.23. The third-order valence-electron chi connectivity index (χ3n) is 7.24. The van der Waals surface area contributed by atoms with Crippen LogP contribution in [0.15, 0.2) is 71.4 Å². The fraction of sp³-hybridized carbons (Fsp3) is 0.310. The van der Waals surface area contributed by atoms with Gasteiger partial charge in [0.25, 0.3) is 0 Å². The summed E-state index contributed by atoms with van der Waals surface area (Å²) in [6, 6.07) is 15.4. The maximum Gasteiger partial charge on any atom is 0.225 e. The Labute approximate surface area is 216 Å². The maximum atomic E-state index is 4.71. The summed E-state index contributed by atoms with van der Waals surface area (Å²) in [6.45, 7) is 6.51. The van der Waals surface area contributed by atoms with E-state index in [0.29, 0.717) is 0 Å². The number of rotatable bonds is 5. The largest absolute Gasteiger partial charge is 0.343 e. The number of hydrogen-bond donors (Lipinski definition) is 0. The van der Waals surface area contributed by atoms with Crippen LogP contribution in [-0.2, 0) is 0 Å². The lowest BCUT2D eigenvalue weighted by atomic mass is 9.98. The summed E-state index contributed by atoms with van der Waals surface area (Å²) in [4.78, 5) is 23.2. The maximum absolute atomic E-state index is 4.71. The lowest BCUT2D eigenvalue weighted by molar-refractivity contribution is 0.252. The number of piperidine rings is 1. The highest BCUT2D eigenvalue weighted by Crippen LogP contribution is 2.36. The Balaban J connectivity index is 1.28. The van der Waals surface area contributed by atoms with E-state index in [4.69, 9.17) is 15.0 Å². The first-order chi connectivity index (χ1) is 17.7. The van der Waals surface area contributed by atoms with Crippen LogP contribution < -0.4 is 4.90 Å². The minimum atomic E-state index is 0.0352. The standard InChI is InChI=1S/C29H30N6S/c1-20(35-21(2)30-12-11-27(35)24-9-10-26-28(16-24)36-19-33-26)22-7-6-8-23(15-22)25-17-31-29(32-18-25)34-13-4-3-5-14-34/h6-12,15-21H,3-5,13-14H2,1-2H3/t20-,21?/m0/s1. The highest BCUT2D eigenvalue weighted by molar-refractivity contribution is 7.16. The van der Waals surface area contributed by atoms with Crippen molar-refractivity contribution < 1.29 is 0 Å². The molecule has 2 atom stereocenters. The molecule has 0 saturated carbocycles. The fourth-order valence-corrected chi connectivity index (χ4v) is 5.97. The molecule has 2 aromatic carbocycles. The van der Waals surface area contributed by atoms with Crippen LogP contribution in [0, 0.1) is 0 Å². The molecule has 0 radical (unpaired) electrons. The van der Waals surface area contributed by atoms with Gasteiger partial charge >= 0.3 is 0 Å². The number of aromatic nitrogens is 3. The molecular formula is C29H30N6S. The summed E-state index contributed by atoms with van der Waals surface area (Å²) in [7, 11) is 0. The highest BCUT2D eigenvalue weighted by Gasteiger charge is 2.26. The van der Waals surface area contributed by atoms with Crippen molar-refractivity contribution in [3.8, 4) is 11.1 Å². The minimum absolute atomic E-state index is 0.0352. The molecule has 4 aromatic rings. The van der Waals surface area contributed by atoms with Gasteiger partial charge in [-0.15, -0.1) is 11.3 Å². The number of hydrogen-bond acceptors (Lipinski definition) is 7. The number of thiazole rings is 1. The van der Waals surface area contributed by atoms with Gasteiger partial charge in [0.15, 0.2) is 0 Å². The zero-order chi connectivity index (χ0) is 24.5. The molecule has 2 aliphatic rings. The van der Waals surface area contributed by atoms with Gasteiger partial charge in [-0.2, -0.15) is 0 Å². The van der Waals surface area contributed by atoms with Crippen LogP contribution in [0.25, 0.3) is 27.0 Å². The Morgan fingerprint density at radius 2 is 1.75 bits per heavy atom. The van der Waals surface area contributed by atoms with Crippen LogP contribution in [0.2, 0.25) is 0 Å². The summed E-state index contributed by atoms with van der Waals surface area (Å²) >= 11 is 1.68. The van der Waals surface area contributed by atoms with E-state index < -0.39 is 0 Å². The molecular weight excluding hydrogens is 464 g/mol. The van der Waals surface area contributed by atoms with E-state index in [2.05, 4.69) is 77.2 Å². The zero-order valence-electron chi connectivity index (χ0n) is 20.7. The molecule has 1 fully saturated rings. The molecule has 7 heteroatoms. The van der Waals surface area contributed by atoms with Gasteiger partial charge in [-0.05, 0) is 74.1 Å². The Hall–Kier alpha value is -3.58. The van der Waals surface area contributed by atoms with E-state index in [1.54, 1.807) is 11.3 Å². The molecule has 0 bridgehead atoms.